The van der Waals surface area contributed by atoms with Crippen molar-refractivity contribution in [2.45, 2.75) is 66.0 Å². The second-order valence-electron chi connectivity index (χ2n) is 14.5. The number of anilines is 1. The van der Waals surface area contributed by atoms with Crippen LogP contribution in [-0.4, -0.2) is 65.2 Å². The lowest BCUT2D eigenvalue weighted by atomic mass is 10.0. The van der Waals surface area contributed by atoms with Crippen molar-refractivity contribution < 1.29 is 14.3 Å². The van der Waals surface area contributed by atoms with Crippen LogP contribution in [0.5, 0.6) is 11.5 Å². The van der Waals surface area contributed by atoms with Gasteiger partial charge in [-0.1, -0.05) is 31.8 Å². The number of nitrogens with zero attached hydrogens (tertiary/aromatic N) is 4. The number of pyridine rings is 1. The van der Waals surface area contributed by atoms with E-state index in [9.17, 15) is 9.59 Å². The fraction of sp³-hybridized carbons (Fsp3) is 0.395. The molecule has 10 nitrogen and oxygen atoms in total. The monoisotopic (exact) mass is 682 g/mol. The zero-order chi connectivity index (χ0) is 35.5. The van der Waals surface area contributed by atoms with Gasteiger partial charge in [-0.2, -0.15) is 0 Å². The summed E-state index contributed by atoms with van der Waals surface area (Å²) in [6.45, 7) is 14.7. The van der Waals surface area contributed by atoms with Gasteiger partial charge in [-0.25, -0.2) is 4.98 Å². The summed E-state index contributed by atoms with van der Waals surface area (Å²) < 4.78 is 16.2. The number of aromatic nitrogens is 4. The molecule has 0 aliphatic carbocycles. The number of hydrogen-bond acceptors (Lipinski definition) is 6. The summed E-state index contributed by atoms with van der Waals surface area (Å²) in [6.07, 6.45) is 4.91. The second-order valence-corrected chi connectivity index (χ2v) is 20.1. The molecule has 0 bridgehead atoms. The number of rotatable bonds is 14. The molecule has 2 N–H and O–H groups in total. The molecule has 0 aliphatic rings. The Kier molecular flexibility index (Phi) is 11.0. The van der Waals surface area contributed by atoms with E-state index in [2.05, 4.69) is 45.9 Å². The Morgan fingerprint density at radius 1 is 1.04 bits per heavy atom. The predicted molar refractivity (Wildman–Crippen MR) is 201 cm³/mol. The summed E-state index contributed by atoms with van der Waals surface area (Å²) in [4.78, 5) is 36.4. The molecular weight excluding hydrogens is 633 g/mol. The van der Waals surface area contributed by atoms with E-state index >= 15 is 0 Å². The number of fused-ring (bicyclic) bond motifs is 1. The number of amides is 1. The van der Waals surface area contributed by atoms with Crippen molar-refractivity contribution in [3.63, 3.8) is 0 Å². The molecule has 5 rings (SSSR count). The van der Waals surface area contributed by atoms with Gasteiger partial charge in [0.05, 0.1) is 5.69 Å². The first-order valence-electron chi connectivity index (χ1n) is 16.9. The zero-order valence-corrected chi connectivity index (χ0v) is 31.4. The highest BCUT2D eigenvalue weighted by atomic mass is 28.3. The van der Waals surface area contributed by atoms with Crippen LogP contribution in [0.25, 0.3) is 33.5 Å². The molecule has 1 amide bonds. The molecule has 0 spiro atoms. The first-order chi connectivity index (χ1) is 23.2. The van der Waals surface area contributed by atoms with Crippen molar-refractivity contribution in [2.75, 3.05) is 32.6 Å². The van der Waals surface area contributed by atoms with Crippen LogP contribution in [0.2, 0.25) is 25.7 Å². The van der Waals surface area contributed by atoms with Crippen molar-refractivity contribution in [3.8, 4) is 34.1 Å². The lowest BCUT2D eigenvalue weighted by Crippen LogP contribution is -2.23. The number of aryl methyl sites for hydroxylation is 4. The quantitative estimate of drug-likeness (QED) is 0.0919. The normalized spacial score (nSPS) is 11.9. The molecule has 0 fully saturated rings. The summed E-state index contributed by atoms with van der Waals surface area (Å²) in [5, 5.41) is 3.86. The Morgan fingerprint density at radius 2 is 1.82 bits per heavy atom. The lowest BCUT2D eigenvalue weighted by Gasteiger charge is -2.17. The molecule has 0 unspecified atom stereocenters. The summed E-state index contributed by atoms with van der Waals surface area (Å²) >= 11 is 0. The van der Waals surface area contributed by atoms with Gasteiger partial charge < -0.3 is 33.8 Å². The van der Waals surface area contributed by atoms with E-state index in [4.69, 9.17) is 9.47 Å². The fourth-order valence-electron chi connectivity index (χ4n) is 5.78. The summed E-state index contributed by atoms with van der Waals surface area (Å²) in [5.41, 5.74) is 6.68. The highest BCUT2D eigenvalue weighted by molar-refractivity contribution is 6.76. The first-order valence-corrected chi connectivity index (χ1v) is 20.6. The summed E-state index contributed by atoms with van der Waals surface area (Å²) in [6, 6.07) is 14.9. The van der Waals surface area contributed by atoms with Gasteiger partial charge in [-0.05, 0) is 94.8 Å². The Labute approximate surface area is 290 Å². The Balaban J connectivity index is 1.50. The van der Waals surface area contributed by atoms with Gasteiger partial charge in [0.1, 0.15) is 23.7 Å². The Morgan fingerprint density at radius 3 is 2.51 bits per heavy atom. The summed E-state index contributed by atoms with van der Waals surface area (Å²) in [5.74, 6) is 1.94. The van der Waals surface area contributed by atoms with E-state index in [-0.39, 0.29) is 18.2 Å². The average Bonchev–Trinajstić information content (AvgIpc) is 3.61. The zero-order valence-electron chi connectivity index (χ0n) is 30.4. The van der Waals surface area contributed by atoms with Crippen molar-refractivity contribution in [3.05, 3.63) is 82.0 Å². The molecule has 11 heteroatoms. The van der Waals surface area contributed by atoms with E-state index in [1.165, 1.54) is 0 Å². The van der Waals surface area contributed by atoms with Gasteiger partial charge >= 0.3 is 0 Å². The van der Waals surface area contributed by atoms with Crippen LogP contribution < -0.4 is 15.6 Å². The number of carbonyl (C=O) groups excluding carboxylic acids is 1. The van der Waals surface area contributed by atoms with Gasteiger partial charge in [0.15, 0.2) is 5.82 Å². The van der Waals surface area contributed by atoms with Crippen LogP contribution in [0.3, 0.4) is 0 Å². The number of imidazole rings is 1. The second kappa shape index (κ2) is 15.0. The van der Waals surface area contributed by atoms with Crippen LogP contribution in [0, 0.1) is 20.8 Å². The maximum atomic E-state index is 13.8. The predicted octanol–water partition coefficient (Wildman–Crippen LogP) is 7.71. The van der Waals surface area contributed by atoms with Crippen molar-refractivity contribution >= 4 is 30.6 Å². The van der Waals surface area contributed by atoms with Gasteiger partial charge in [0.2, 0.25) is 5.91 Å². The van der Waals surface area contributed by atoms with Crippen molar-refractivity contribution in [1.82, 2.24) is 24.0 Å². The molecule has 3 heterocycles. The number of H-pyrrole nitrogens is 1. The molecule has 0 atom stereocenters. The Bertz CT molecular complexity index is 2020. The molecule has 260 valence electrons. The molecule has 0 saturated heterocycles. The van der Waals surface area contributed by atoms with Crippen LogP contribution in [0.15, 0.2) is 59.7 Å². The van der Waals surface area contributed by atoms with Crippen LogP contribution in [-0.2, 0) is 23.3 Å². The van der Waals surface area contributed by atoms with Crippen molar-refractivity contribution in [2.24, 2.45) is 7.05 Å². The number of nitrogens with one attached hydrogen (secondary N) is 2. The van der Waals surface area contributed by atoms with Gasteiger partial charge in [-0.3, -0.25) is 9.59 Å². The largest absolute Gasteiger partial charge is 0.457 e. The Hall–Kier alpha value is -4.45. The fourth-order valence-corrected chi connectivity index (χ4v) is 6.53. The summed E-state index contributed by atoms with van der Waals surface area (Å²) in [7, 11) is 4.49. The third-order valence-corrected chi connectivity index (χ3v) is 10.2. The van der Waals surface area contributed by atoms with E-state index in [0.717, 1.165) is 63.7 Å². The maximum Gasteiger partial charge on any atom is 0.274 e. The minimum Gasteiger partial charge on any atom is -0.457 e. The number of aromatic amines is 1. The molecule has 0 aliphatic heterocycles. The molecule has 3 aromatic heterocycles. The van der Waals surface area contributed by atoms with E-state index in [1.807, 2.05) is 82.0 Å². The molecule has 0 saturated carbocycles. The minimum absolute atomic E-state index is 0.0175. The third-order valence-electron chi connectivity index (χ3n) is 8.48. The average molecular weight is 683 g/mol. The molecule has 2 aromatic carbocycles. The lowest BCUT2D eigenvalue weighted by molar-refractivity contribution is -0.116. The highest BCUT2D eigenvalue weighted by Gasteiger charge is 2.21. The van der Waals surface area contributed by atoms with E-state index in [1.54, 1.807) is 17.8 Å². The standard InChI is InChI=1S/C38H50N6O4Si/c1-25-17-28(19-30(18-25)48-29-13-12-26(2)33(20-29)41-35(45)11-10-14-42(4)5)32-23-43(6)38(46)36-31(32)21-34(37-39-22-27(3)40-37)44(36)24-47-15-16-49(7,8)9/h12-13,17-23H,10-11,14-16,24H2,1-9H3,(H,39,40)(H,41,45). The van der Waals surface area contributed by atoms with Gasteiger partial charge in [0, 0.05) is 68.9 Å². The van der Waals surface area contributed by atoms with E-state index in [0.29, 0.717) is 35.9 Å². The van der Waals surface area contributed by atoms with Crippen molar-refractivity contribution in [1.29, 1.82) is 0 Å². The number of benzene rings is 2. The first kappa shape index (κ1) is 35.8. The van der Waals surface area contributed by atoms with Gasteiger partial charge in [0.25, 0.3) is 5.56 Å². The van der Waals surface area contributed by atoms with Gasteiger partial charge in [-0.15, -0.1) is 0 Å². The number of hydrogen-bond donors (Lipinski definition) is 2. The highest BCUT2D eigenvalue weighted by Crippen LogP contribution is 2.36. The number of carbonyl (C=O) groups is 1. The number of ether oxygens (including phenoxy) is 2. The topological polar surface area (TPSA) is 106 Å². The molecular formula is C38H50N6O4Si. The SMILES string of the molecule is Cc1cc(Oc2ccc(C)c(NC(=O)CCCN(C)C)c2)cc(-c2cn(C)c(=O)c3c2cc(-c2ncc(C)[nH]2)n3COCC[Si](C)(C)C)c1. The van der Waals surface area contributed by atoms with E-state index < -0.39 is 8.07 Å². The molecule has 49 heavy (non-hydrogen) atoms. The smallest absolute Gasteiger partial charge is 0.274 e. The third kappa shape index (κ3) is 8.97. The molecule has 5 aromatic rings. The van der Waals surface area contributed by atoms with Crippen LogP contribution >= 0.6 is 0 Å². The minimum atomic E-state index is -1.29. The van der Waals surface area contributed by atoms with Crippen LogP contribution in [0.1, 0.15) is 29.7 Å². The maximum absolute atomic E-state index is 13.8. The van der Waals surface area contributed by atoms with Crippen LogP contribution in [0.4, 0.5) is 5.69 Å². The molecule has 0 radical (unpaired) electrons.